The smallest absolute Gasteiger partial charge is 0.119 e. The molecule has 1 aliphatic heterocycles. The van der Waals surface area contributed by atoms with Crippen LogP contribution in [0.4, 0.5) is 0 Å². The molecule has 0 fully saturated rings. The van der Waals surface area contributed by atoms with E-state index in [9.17, 15) is 0 Å². The van der Waals surface area contributed by atoms with Gasteiger partial charge >= 0.3 is 0 Å². The molecular weight excluding hydrogens is 570 g/mol. The number of H-pyrrole nitrogens is 4. The molecule has 5 heterocycles. The first-order valence-corrected chi connectivity index (χ1v) is 16.0. The molecule has 8 bridgehead atoms. The lowest BCUT2D eigenvalue weighted by Gasteiger charge is -2.09. The summed E-state index contributed by atoms with van der Waals surface area (Å²) < 4.78 is 11.8. The maximum atomic E-state index is 5.96. The van der Waals surface area contributed by atoms with Crippen molar-refractivity contribution in [1.29, 1.82) is 0 Å². The third-order valence-electron chi connectivity index (χ3n) is 8.13. The summed E-state index contributed by atoms with van der Waals surface area (Å²) in [7, 11) is 1.96. The van der Waals surface area contributed by atoms with Gasteiger partial charge in [-0.05, 0) is 123 Å². The van der Waals surface area contributed by atoms with E-state index in [4.69, 9.17) is 9.47 Å². The first-order valence-electron chi connectivity index (χ1n) is 16.0. The van der Waals surface area contributed by atoms with Gasteiger partial charge < -0.3 is 34.7 Å². The van der Waals surface area contributed by atoms with E-state index >= 15 is 0 Å². The molecule has 46 heavy (non-hydrogen) atoms. The average molecular weight is 610 g/mol. The minimum Gasteiger partial charge on any atom is -0.494 e. The third kappa shape index (κ3) is 6.36. The number of rotatable bonds is 10. The second-order valence-corrected chi connectivity index (χ2v) is 11.6. The van der Waals surface area contributed by atoms with Crippen LogP contribution in [-0.4, -0.2) is 46.7 Å². The van der Waals surface area contributed by atoms with Crippen LogP contribution >= 0.6 is 0 Å². The maximum absolute atomic E-state index is 5.96. The van der Waals surface area contributed by atoms with Gasteiger partial charge in [0.1, 0.15) is 11.5 Å². The minimum atomic E-state index is 0.683. The van der Waals surface area contributed by atoms with Crippen molar-refractivity contribution in [3.63, 3.8) is 0 Å². The first kappa shape index (κ1) is 29.3. The van der Waals surface area contributed by atoms with Crippen LogP contribution in [-0.2, 0) is 0 Å². The van der Waals surface area contributed by atoms with Crippen molar-refractivity contribution in [3.8, 4) is 11.5 Å². The number of ether oxygens (including phenoxy) is 2. The van der Waals surface area contributed by atoms with Crippen LogP contribution in [0, 0.1) is 0 Å². The maximum Gasteiger partial charge on any atom is 0.119 e. The normalized spacial score (nSPS) is 12.5. The van der Waals surface area contributed by atoms with Crippen molar-refractivity contribution in [2.24, 2.45) is 0 Å². The summed E-state index contributed by atoms with van der Waals surface area (Å²) in [6.45, 7) is 4.44. The minimum absolute atomic E-state index is 0.683. The Bertz CT molecular complexity index is 2180. The Balaban J connectivity index is 1.33. The van der Waals surface area contributed by atoms with Crippen molar-refractivity contribution in [2.45, 2.75) is 19.8 Å². The lowest BCUT2D eigenvalue weighted by molar-refractivity contribution is 0.310. The van der Waals surface area contributed by atoms with E-state index in [0.29, 0.717) is 13.2 Å². The number of nitrogens with one attached hydrogen (secondary N) is 5. The van der Waals surface area contributed by atoms with Gasteiger partial charge in [-0.3, -0.25) is 0 Å². The Hall–Kier alpha value is -5.40. The van der Waals surface area contributed by atoms with Crippen molar-refractivity contribution in [2.75, 3.05) is 26.8 Å². The largest absolute Gasteiger partial charge is 0.494 e. The monoisotopic (exact) mass is 609 g/mol. The molecule has 6 aromatic rings. The van der Waals surface area contributed by atoms with Gasteiger partial charge in [0.2, 0.25) is 0 Å². The molecule has 0 unspecified atom stereocenters. The molecule has 0 atom stereocenters. The van der Waals surface area contributed by atoms with Crippen LogP contribution in [0.1, 0.15) is 53.7 Å². The molecule has 0 radical (unpaired) electrons. The topological polar surface area (TPSA) is 93.7 Å². The molecule has 0 amide bonds. The molecule has 7 heteroatoms. The Labute approximate surface area is 268 Å². The Kier molecular flexibility index (Phi) is 8.48. The molecule has 5 N–H and O–H groups in total. The Morgan fingerprint density at radius 2 is 1.04 bits per heavy atom. The van der Waals surface area contributed by atoms with Crippen LogP contribution in [0.5, 0.6) is 11.5 Å². The predicted molar refractivity (Wildman–Crippen MR) is 185 cm³/mol. The van der Waals surface area contributed by atoms with Crippen LogP contribution in [0.25, 0.3) is 23.3 Å². The average Bonchev–Trinajstić information content (AvgIpc) is 3.91. The van der Waals surface area contributed by atoms with E-state index in [-0.39, 0.29) is 0 Å². The van der Waals surface area contributed by atoms with E-state index in [0.717, 1.165) is 97.3 Å². The number of benzene rings is 2. The molecular formula is C39H39N5O2. The van der Waals surface area contributed by atoms with E-state index in [1.54, 1.807) is 0 Å². The summed E-state index contributed by atoms with van der Waals surface area (Å²) in [5.74, 6) is 1.75. The molecule has 232 valence electrons. The number of hydrogen-bond acceptors (Lipinski definition) is 3. The summed E-state index contributed by atoms with van der Waals surface area (Å²) in [4.78, 5) is 14.6. The van der Waals surface area contributed by atoms with Gasteiger partial charge in [0.05, 0.1) is 13.2 Å². The summed E-state index contributed by atoms with van der Waals surface area (Å²) >= 11 is 0. The number of fused-ring (bicyclic) bond motifs is 8. The van der Waals surface area contributed by atoms with E-state index in [2.05, 4.69) is 117 Å². The van der Waals surface area contributed by atoms with Gasteiger partial charge in [-0.15, -0.1) is 0 Å². The fourth-order valence-electron chi connectivity index (χ4n) is 5.91. The predicted octanol–water partition coefficient (Wildman–Crippen LogP) is 4.24. The second-order valence-electron chi connectivity index (χ2n) is 11.6. The Morgan fingerprint density at radius 3 is 1.52 bits per heavy atom. The summed E-state index contributed by atoms with van der Waals surface area (Å²) in [6, 6.07) is 33.8. The molecule has 4 aromatic heterocycles. The lowest BCUT2D eigenvalue weighted by atomic mass is 10.0. The number of hydrogen-bond donors (Lipinski definition) is 5. The SMILES string of the molecule is CCCOc1ccc(C2=c3ccc([nH]3)=Cc3ccc([nH]3)C(c3ccc(OCCCNC)cc3)=c3ccc([nH]3)=Cc3ccc2[nH]3)cc1. The molecule has 7 rings (SSSR count). The number of aromatic amines is 4. The van der Waals surface area contributed by atoms with Gasteiger partial charge in [-0.1, -0.05) is 31.2 Å². The van der Waals surface area contributed by atoms with Crippen LogP contribution < -0.4 is 36.2 Å². The fraction of sp³-hybridized carbons (Fsp3) is 0.179. The van der Waals surface area contributed by atoms with E-state index in [1.807, 2.05) is 31.3 Å². The van der Waals surface area contributed by atoms with Gasteiger partial charge in [0.15, 0.2) is 0 Å². The lowest BCUT2D eigenvalue weighted by Crippen LogP contribution is -2.15. The van der Waals surface area contributed by atoms with Gasteiger partial charge in [0, 0.05) is 55.3 Å². The van der Waals surface area contributed by atoms with Crippen LogP contribution in [0.15, 0.2) is 97.1 Å². The highest BCUT2D eigenvalue weighted by Gasteiger charge is 2.13. The second kappa shape index (κ2) is 13.3. The quantitative estimate of drug-likeness (QED) is 0.150. The van der Waals surface area contributed by atoms with E-state index in [1.165, 1.54) is 0 Å². The van der Waals surface area contributed by atoms with Crippen molar-refractivity contribution >= 4 is 23.3 Å². The van der Waals surface area contributed by atoms with E-state index < -0.39 is 0 Å². The van der Waals surface area contributed by atoms with Crippen LogP contribution in [0.2, 0.25) is 0 Å². The molecule has 0 aliphatic carbocycles. The molecule has 2 aromatic carbocycles. The molecule has 1 aliphatic rings. The fourth-order valence-corrected chi connectivity index (χ4v) is 5.91. The highest BCUT2D eigenvalue weighted by Crippen LogP contribution is 2.25. The summed E-state index contributed by atoms with van der Waals surface area (Å²) in [6.07, 6.45) is 6.23. The zero-order valence-electron chi connectivity index (χ0n) is 26.2. The Morgan fingerprint density at radius 1 is 0.543 bits per heavy atom. The van der Waals surface area contributed by atoms with Crippen molar-refractivity contribution in [3.05, 3.63) is 152 Å². The van der Waals surface area contributed by atoms with Gasteiger partial charge in [-0.25, -0.2) is 0 Å². The van der Waals surface area contributed by atoms with Crippen LogP contribution in [0.3, 0.4) is 0 Å². The highest BCUT2D eigenvalue weighted by atomic mass is 16.5. The molecule has 7 nitrogen and oxygen atoms in total. The van der Waals surface area contributed by atoms with Gasteiger partial charge in [-0.2, -0.15) is 0 Å². The number of aromatic nitrogens is 4. The third-order valence-corrected chi connectivity index (χ3v) is 8.13. The first-order chi connectivity index (χ1) is 22.7. The molecule has 0 saturated heterocycles. The molecule has 0 saturated carbocycles. The molecule has 0 spiro atoms. The zero-order valence-corrected chi connectivity index (χ0v) is 26.2. The zero-order chi connectivity index (χ0) is 31.3. The summed E-state index contributed by atoms with van der Waals surface area (Å²) in [5, 5.41) is 7.24. The van der Waals surface area contributed by atoms with Gasteiger partial charge in [0.25, 0.3) is 0 Å². The standard InChI is InChI=1S/C39H39N5O2/c1-3-22-45-32-13-5-26(6-14-32)38-34-17-9-28(41-34)24-30-11-19-36(43-30)39(27-7-15-33(16-8-27)46-23-4-21-40-2)37-20-12-31(44-37)25-29-10-18-35(38)42-29/h5-20,24-25,40-44H,3-4,21-23H2,1-2H3. The highest BCUT2D eigenvalue weighted by molar-refractivity contribution is 5.79. The summed E-state index contributed by atoms with van der Waals surface area (Å²) in [5.41, 5.74) is 8.47. The van der Waals surface area contributed by atoms with Crippen molar-refractivity contribution < 1.29 is 9.47 Å². The van der Waals surface area contributed by atoms with Crippen molar-refractivity contribution in [1.82, 2.24) is 25.3 Å².